The second-order valence-electron chi connectivity index (χ2n) is 6.32. The smallest absolute Gasteiger partial charge is 0.405 e. The van der Waals surface area contributed by atoms with Gasteiger partial charge in [0.15, 0.2) is 11.5 Å². The van der Waals surface area contributed by atoms with Crippen molar-refractivity contribution in [2.45, 2.75) is 25.4 Å². The van der Waals surface area contributed by atoms with Crippen LogP contribution in [0.2, 0.25) is 0 Å². The maximum absolute atomic E-state index is 11.7. The summed E-state index contributed by atoms with van der Waals surface area (Å²) in [5.41, 5.74) is 6.52. The number of anilines is 3. The molecule has 1 aliphatic heterocycles. The van der Waals surface area contributed by atoms with E-state index in [1.54, 1.807) is 12.1 Å². The molecule has 6 N–H and O–H groups in total. The maximum atomic E-state index is 11.7. The molecule has 0 aromatic carbocycles. The molecule has 0 radical (unpaired) electrons. The molecule has 0 aliphatic carbocycles. The van der Waals surface area contributed by atoms with E-state index in [1.165, 1.54) is 0 Å². The number of nitrogens with two attached hydrogens (primary N) is 1. The predicted molar refractivity (Wildman–Crippen MR) is 101 cm³/mol. The largest absolute Gasteiger partial charge is 0.465 e. The third-order valence-electron chi connectivity index (χ3n) is 4.18. The van der Waals surface area contributed by atoms with Crippen LogP contribution in [0.25, 0.3) is 0 Å². The quantitative estimate of drug-likeness (QED) is 0.483. The van der Waals surface area contributed by atoms with Crippen molar-refractivity contribution in [3.8, 4) is 0 Å². The molecule has 2 amide bonds. The molecule has 3 rings (SSSR count). The van der Waals surface area contributed by atoms with E-state index in [9.17, 15) is 9.59 Å². The number of nitrogens with one attached hydrogen (secondary N) is 3. The molecule has 2 atom stereocenters. The molecule has 1 fully saturated rings. The third-order valence-corrected chi connectivity index (χ3v) is 4.18. The minimum Gasteiger partial charge on any atom is -0.465 e. The zero-order valence-electron chi connectivity index (χ0n) is 15.2. The van der Waals surface area contributed by atoms with Gasteiger partial charge in [0.1, 0.15) is 5.82 Å². The Balaban J connectivity index is 1.83. The number of carbonyl (C=O) groups is 2. The van der Waals surface area contributed by atoms with Crippen molar-refractivity contribution < 1.29 is 19.4 Å². The Kier molecular flexibility index (Phi) is 5.84. The summed E-state index contributed by atoms with van der Waals surface area (Å²) in [6, 6.07) is 6.31. The number of carbonyl (C=O) groups excluding carboxylic acids is 1. The van der Waals surface area contributed by atoms with Crippen molar-refractivity contribution >= 4 is 29.3 Å². The number of hydrogen-bond donors (Lipinski definition) is 5. The standard InChI is InChI=1S/C17H21N7O4/c1-9-3-2-4-13(19-9)21-11-7-14(23-24-15(11)16(18)25)20-10-5-6-28-8-12(10)22-17(26)27/h2-4,7,10,12,22H,5-6,8H2,1H3,(H2,18,25)(H,26,27)(H2,19,20,21,23)/t10-,12+/m1/s1. The molecular weight excluding hydrogens is 366 g/mol. The molecule has 1 saturated heterocycles. The van der Waals surface area contributed by atoms with Crippen LogP contribution in [0.15, 0.2) is 24.3 Å². The van der Waals surface area contributed by atoms with Crippen molar-refractivity contribution in [1.82, 2.24) is 20.5 Å². The summed E-state index contributed by atoms with van der Waals surface area (Å²) in [5, 5.41) is 25.5. The van der Waals surface area contributed by atoms with Gasteiger partial charge in [0.2, 0.25) is 0 Å². The lowest BCUT2D eigenvalue weighted by atomic mass is 10.0. The summed E-state index contributed by atoms with van der Waals surface area (Å²) in [6.45, 7) is 2.58. The van der Waals surface area contributed by atoms with Gasteiger partial charge in [0, 0.05) is 18.4 Å². The molecule has 0 spiro atoms. The molecule has 2 aromatic heterocycles. The lowest BCUT2D eigenvalue weighted by Crippen LogP contribution is -2.52. The molecule has 1 aliphatic rings. The van der Waals surface area contributed by atoms with Crippen molar-refractivity contribution in [1.29, 1.82) is 0 Å². The Hall–Kier alpha value is -3.47. The minimum absolute atomic E-state index is 0.0268. The number of hydrogen-bond acceptors (Lipinski definition) is 8. The van der Waals surface area contributed by atoms with Gasteiger partial charge in [0.25, 0.3) is 5.91 Å². The molecular formula is C17H21N7O4. The highest BCUT2D eigenvalue weighted by atomic mass is 16.5. The Morgan fingerprint density at radius 1 is 1.25 bits per heavy atom. The van der Waals surface area contributed by atoms with Gasteiger partial charge in [-0.15, -0.1) is 10.2 Å². The zero-order chi connectivity index (χ0) is 20.1. The van der Waals surface area contributed by atoms with Crippen molar-refractivity contribution in [2.24, 2.45) is 5.73 Å². The summed E-state index contributed by atoms with van der Waals surface area (Å²) in [5.74, 6) is 0.160. The van der Waals surface area contributed by atoms with Crippen LogP contribution in [0.5, 0.6) is 0 Å². The number of rotatable bonds is 6. The van der Waals surface area contributed by atoms with Crippen LogP contribution in [0.1, 0.15) is 22.6 Å². The van der Waals surface area contributed by atoms with Crippen LogP contribution in [0, 0.1) is 6.92 Å². The first-order valence-electron chi connectivity index (χ1n) is 8.64. The number of ether oxygens (including phenoxy) is 1. The molecule has 11 heteroatoms. The van der Waals surface area contributed by atoms with E-state index in [0.717, 1.165) is 5.69 Å². The van der Waals surface area contributed by atoms with Crippen LogP contribution in [-0.4, -0.2) is 57.6 Å². The summed E-state index contributed by atoms with van der Waals surface area (Å²) in [7, 11) is 0. The van der Waals surface area contributed by atoms with E-state index in [0.29, 0.717) is 30.4 Å². The number of carboxylic acid groups (broad SMARTS) is 1. The second-order valence-corrected chi connectivity index (χ2v) is 6.32. The molecule has 148 valence electrons. The third kappa shape index (κ3) is 4.82. The van der Waals surface area contributed by atoms with Gasteiger partial charge < -0.3 is 31.5 Å². The van der Waals surface area contributed by atoms with Gasteiger partial charge in [-0.1, -0.05) is 6.07 Å². The lowest BCUT2D eigenvalue weighted by molar-refractivity contribution is 0.0625. The first-order chi connectivity index (χ1) is 13.4. The van der Waals surface area contributed by atoms with E-state index in [1.807, 2.05) is 19.1 Å². The molecule has 0 unspecified atom stereocenters. The summed E-state index contributed by atoms with van der Waals surface area (Å²) in [6.07, 6.45) is -0.558. The summed E-state index contributed by atoms with van der Waals surface area (Å²) < 4.78 is 5.33. The highest BCUT2D eigenvalue weighted by Gasteiger charge is 2.28. The van der Waals surface area contributed by atoms with Gasteiger partial charge in [0.05, 0.1) is 24.4 Å². The number of aromatic nitrogens is 3. The highest BCUT2D eigenvalue weighted by Crippen LogP contribution is 2.22. The van der Waals surface area contributed by atoms with Crippen LogP contribution in [0.3, 0.4) is 0 Å². The molecule has 0 saturated carbocycles. The van der Waals surface area contributed by atoms with E-state index in [4.69, 9.17) is 15.6 Å². The molecule has 0 bridgehead atoms. The van der Waals surface area contributed by atoms with E-state index >= 15 is 0 Å². The maximum Gasteiger partial charge on any atom is 0.405 e. The van der Waals surface area contributed by atoms with Crippen LogP contribution in [-0.2, 0) is 4.74 Å². The second kappa shape index (κ2) is 8.48. The number of amides is 2. The van der Waals surface area contributed by atoms with Crippen molar-refractivity contribution in [3.05, 3.63) is 35.7 Å². The van der Waals surface area contributed by atoms with E-state index in [2.05, 4.69) is 31.1 Å². The van der Waals surface area contributed by atoms with Gasteiger partial charge >= 0.3 is 6.09 Å². The minimum atomic E-state index is -1.13. The molecule has 2 aromatic rings. The number of nitrogens with zero attached hydrogens (tertiary/aromatic N) is 3. The van der Waals surface area contributed by atoms with Crippen LogP contribution < -0.4 is 21.7 Å². The Morgan fingerprint density at radius 3 is 2.79 bits per heavy atom. The van der Waals surface area contributed by atoms with Gasteiger partial charge in [-0.2, -0.15) is 0 Å². The first-order valence-corrected chi connectivity index (χ1v) is 8.64. The average molecular weight is 387 g/mol. The fourth-order valence-corrected chi connectivity index (χ4v) is 2.89. The predicted octanol–water partition coefficient (Wildman–Crippen LogP) is 0.860. The van der Waals surface area contributed by atoms with Crippen LogP contribution >= 0.6 is 0 Å². The fourth-order valence-electron chi connectivity index (χ4n) is 2.89. The number of aryl methyl sites for hydroxylation is 1. The highest BCUT2D eigenvalue weighted by molar-refractivity contribution is 5.97. The topological polar surface area (TPSA) is 164 Å². The van der Waals surface area contributed by atoms with Crippen molar-refractivity contribution in [2.75, 3.05) is 23.8 Å². The Bertz CT molecular complexity index is 876. The number of pyridine rings is 1. The molecule has 11 nitrogen and oxygen atoms in total. The van der Waals surface area contributed by atoms with Gasteiger partial charge in [-0.05, 0) is 25.5 Å². The Morgan fingerprint density at radius 2 is 2.07 bits per heavy atom. The average Bonchev–Trinajstić information content (AvgIpc) is 2.63. The van der Waals surface area contributed by atoms with Crippen molar-refractivity contribution in [3.63, 3.8) is 0 Å². The lowest BCUT2D eigenvalue weighted by Gasteiger charge is -2.32. The monoisotopic (exact) mass is 387 g/mol. The Labute approximate surface area is 160 Å². The molecule has 28 heavy (non-hydrogen) atoms. The van der Waals surface area contributed by atoms with Crippen LogP contribution in [0.4, 0.5) is 22.1 Å². The fraction of sp³-hybridized carbons (Fsp3) is 0.353. The SMILES string of the molecule is Cc1cccc(Nc2cc(N[C@@H]3CCOC[C@@H]3NC(=O)O)nnc2C(N)=O)n1. The zero-order valence-corrected chi connectivity index (χ0v) is 15.2. The van der Waals surface area contributed by atoms with E-state index < -0.39 is 18.0 Å². The van der Waals surface area contributed by atoms with Gasteiger partial charge in [-0.3, -0.25) is 4.79 Å². The summed E-state index contributed by atoms with van der Waals surface area (Å²) in [4.78, 5) is 27.0. The normalized spacial score (nSPS) is 18.9. The summed E-state index contributed by atoms with van der Waals surface area (Å²) >= 11 is 0. The van der Waals surface area contributed by atoms with E-state index in [-0.39, 0.29) is 18.3 Å². The van der Waals surface area contributed by atoms with Gasteiger partial charge in [-0.25, -0.2) is 9.78 Å². The number of primary amides is 1. The molecule has 3 heterocycles. The first kappa shape index (κ1) is 19.3.